The number of ketones is 4. The third kappa shape index (κ3) is 22.7. The molecular formula is C21H40O4. The first kappa shape index (κ1) is 28.5. The first-order chi connectivity index (χ1) is 11.4. The van der Waals surface area contributed by atoms with Crippen LogP contribution in [0.2, 0.25) is 0 Å². The highest BCUT2D eigenvalue weighted by molar-refractivity contribution is 5.86. The lowest BCUT2D eigenvalue weighted by Crippen LogP contribution is -2.02. The molecular weight excluding hydrogens is 316 g/mol. The maximum atomic E-state index is 11.1. The quantitative estimate of drug-likeness (QED) is 0.403. The molecule has 0 aliphatic rings. The fraction of sp³-hybridized carbons (Fsp3) is 0.810. The minimum absolute atomic E-state index is 0. The summed E-state index contributed by atoms with van der Waals surface area (Å²) in [6.07, 6.45) is 8.21. The Kier molecular flexibility index (Phi) is 23.6. The molecule has 0 rings (SSSR count). The molecule has 0 fully saturated rings. The minimum Gasteiger partial charge on any atom is -0.300 e. The molecule has 0 heterocycles. The lowest BCUT2D eigenvalue weighted by Gasteiger charge is -1.97. The van der Waals surface area contributed by atoms with E-state index in [1.165, 1.54) is 0 Å². The molecule has 0 spiro atoms. The first-order valence-electron chi connectivity index (χ1n) is 9.47. The molecule has 0 radical (unpaired) electrons. The van der Waals surface area contributed by atoms with Crippen LogP contribution in [0.25, 0.3) is 0 Å². The third-order valence-electron chi connectivity index (χ3n) is 3.77. The highest BCUT2D eigenvalue weighted by Crippen LogP contribution is 2.03. The number of rotatable bonds is 14. The molecule has 0 aliphatic carbocycles. The second-order valence-corrected chi connectivity index (χ2v) is 6.07. The fourth-order valence-corrected chi connectivity index (χ4v) is 1.91. The van der Waals surface area contributed by atoms with Gasteiger partial charge in [0.2, 0.25) is 0 Å². The molecule has 0 saturated carbocycles. The summed E-state index contributed by atoms with van der Waals surface area (Å²) in [5.41, 5.74) is 0. The van der Waals surface area contributed by atoms with E-state index in [-0.39, 0.29) is 30.6 Å². The number of carbonyl (C=O) groups excluding carboxylic acids is 4. The van der Waals surface area contributed by atoms with E-state index in [9.17, 15) is 19.2 Å². The molecule has 0 bridgehead atoms. The van der Waals surface area contributed by atoms with Gasteiger partial charge >= 0.3 is 0 Å². The van der Waals surface area contributed by atoms with Crippen LogP contribution in [0, 0.1) is 0 Å². The van der Waals surface area contributed by atoms with Crippen LogP contribution in [-0.4, -0.2) is 23.1 Å². The van der Waals surface area contributed by atoms with Crippen LogP contribution in [0.3, 0.4) is 0 Å². The van der Waals surface area contributed by atoms with E-state index in [4.69, 9.17) is 0 Å². The summed E-state index contributed by atoms with van der Waals surface area (Å²) in [4.78, 5) is 43.8. The molecule has 4 heteroatoms. The Balaban J connectivity index is -0.000000372. The Bertz CT molecular complexity index is 336. The monoisotopic (exact) mass is 356 g/mol. The Morgan fingerprint density at radius 2 is 0.760 bits per heavy atom. The molecule has 0 amide bonds. The summed E-state index contributed by atoms with van der Waals surface area (Å²) in [5, 5.41) is 0. The molecule has 0 aromatic rings. The van der Waals surface area contributed by atoms with Gasteiger partial charge in [0.15, 0.2) is 0 Å². The Hall–Kier alpha value is -1.32. The van der Waals surface area contributed by atoms with Crippen molar-refractivity contribution in [3.8, 4) is 0 Å². The molecule has 0 saturated heterocycles. The highest BCUT2D eigenvalue weighted by Gasteiger charge is 2.05. The van der Waals surface area contributed by atoms with Crippen LogP contribution in [0.15, 0.2) is 0 Å². The van der Waals surface area contributed by atoms with Crippen molar-refractivity contribution in [2.45, 2.75) is 112 Å². The van der Waals surface area contributed by atoms with E-state index in [1.54, 1.807) is 0 Å². The second kappa shape index (κ2) is 20.7. The normalized spacial score (nSPS) is 9.44. The van der Waals surface area contributed by atoms with Crippen molar-refractivity contribution in [2.24, 2.45) is 0 Å². The van der Waals surface area contributed by atoms with E-state index < -0.39 is 0 Å². The summed E-state index contributed by atoms with van der Waals surface area (Å²) in [7, 11) is 0. The number of hydrogen-bond acceptors (Lipinski definition) is 4. The van der Waals surface area contributed by atoms with Gasteiger partial charge in [-0.15, -0.1) is 0 Å². The van der Waals surface area contributed by atoms with E-state index in [0.717, 1.165) is 25.7 Å². The number of hydrogen-bond donors (Lipinski definition) is 0. The molecule has 0 atom stereocenters. The van der Waals surface area contributed by atoms with Crippen LogP contribution in [0.4, 0.5) is 0 Å². The summed E-state index contributed by atoms with van der Waals surface area (Å²) in [5.74, 6) is 0.858. The molecule has 148 valence electrons. The van der Waals surface area contributed by atoms with Gasteiger partial charge in [0.05, 0.1) is 0 Å². The predicted octanol–water partition coefficient (Wildman–Crippen LogP) is 5.65. The third-order valence-corrected chi connectivity index (χ3v) is 3.77. The summed E-state index contributed by atoms with van der Waals surface area (Å²) >= 11 is 0. The van der Waals surface area contributed by atoms with Crippen LogP contribution >= 0.6 is 0 Å². The topological polar surface area (TPSA) is 68.3 Å². The van der Waals surface area contributed by atoms with Crippen molar-refractivity contribution >= 4 is 23.1 Å². The maximum absolute atomic E-state index is 11.1. The van der Waals surface area contributed by atoms with Crippen LogP contribution in [-0.2, 0) is 19.2 Å². The lowest BCUT2D eigenvalue weighted by atomic mass is 10.1. The van der Waals surface area contributed by atoms with E-state index in [0.29, 0.717) is 51.4 Å². The van der Waals surface area contributed by atoms with Gasteiger partial charge in [0.25, 0.3) is 0 Å². The molecule has 0 aromatic heterocycles. The minimum atomic E-state index is 0. The van der Waals surface area contributed by atoms with Crippen molar-refractivity contribution in [1.82, 2.24) is 0 Å². The van der Waals surface area contributed by atoms with Gasteiger partial charge in [-0.05, 0) is 12.8 Å². The zero-order valence-corrected chi connectivity index (χ0v) is 16.1. The van der Waals surface area contributed by atoms with Crippen molar-refractivity contribution in [1.29, 1.82) is 0 Å². The van der Waals surface area contributed by atoms with Gasteiger partial charge in [-0.25, -0.2) is 0 Å². The van der Waals surface area contributed by atoms with Crippen molar-refractivity contribution in [3.05, 3.63) is 0 Å². The van der Waals surface area contributed by atoms with Crippen molar-refractivity contribution in [3.63, 3.8) is 0 Å². The smallest absolute Gasteiger partial charge is 0.133 e. The van der Waals surface area contributed by atoms with Gasteiger partial charge in [0, 0.05) is 51.4 Å². The van der Waals surface area contributed by atoms with Gasteiger partial charge in [-0.3, -0.25) is 19.2 Å². The summed E-state index contributed by atoms with van der Waals surface area (Å²) < 4.78 is 0. The van der Waals surface area contributed by atoms with Crippen LogP contribution < -0.4 is 0 Å². The second-order valence-electron chi connectivity index (χ2n) is 6.07. The molecule has 0 unspecified atom stereocenters. The first-order valence-corrected chi connectivity index (χ1v) is 9.47. The number of unbranched alkanes of at least 4 members (excludes halogenated alkanes) is 2. The zero-order chi connectivity index (χ0) is 18.8. The SMILES string of the molecule is C.CCCCC(=O)CCC(=O)CC.CCCCC(=O)CCC(=O)CC. The largest absolute Gasteiger partial charge is 0.300 e. The van der Waals surface area contributed by atoms with Gasteiger partial charge in [0.1, 0.15) is 23.1 Å². The Morgan fingerprint density at radius 1 is 0.480 bits per heavy atom. The van der Waals surface area contributed by atoms with E-state index in [1.807, 2.05) is 13.8 Å². The van der Waals surface area contributed by atoms with Gasteiger partial charge < -0.3 is 0 Å². The highest BCUT2D eigenvalue weighted by atomic mass is 16.1. The molecule has 0 aliphatic heterocycles. The van der Waals surface area contributed by atoms with Crippen molar-refractivity contribution < 1.29 is 19.2 Å². The van der Waals surface area contributed by atoms with Crippen LogP contribution in [0.5, 0.6) is 0 Å². The van der Waals surface area contributed by atoms with E-state index in [2.05, 4.69) is 13.8 Å². The van der Waals surface area contributed by atoms with Crippen molar-refractivity contribution in [2.75, 3.05) is 0 Å². The fourth-order valence-electron chi connectivity index (χ4n) is 1.91. The van der Waals surface area contributed by atoms with E-state index >= 15 is 0 Å². The average molecular weight is 357 g/mol. The molecule has 0 N–H and O–H groups in total. The molecule has 25 heavy (non-hydrogen) atoms. The molecule has 0 aromatic carbocycles. The number of carbonyl (C=O) groups is 4. The Morgan fingerprint density at radius 3 is 1.00 bits per heavy atom. The number of Topliss-reactive ketones (excluding diaryl/α,β-unsaturated/α-hetero) is 4. The summed E-state index contributed by atoms with van der Waals surface area (Å²) in [6.45, 7) is 7.78. The predicted molar refractivity (Wildman–Crippen MR) is 105 cm³/mol. The zero-order valence-electron chi connectivity index (χ0n) is 16.1. The van der Waals surface area contributed by atoms with Gasteiger partial charge in [-0.1, -0.05) is 48.0 Å². The lowest BCUT2D eigenvalue weighted by molar-refractivity contribution is -0.124. The molecule has 4 nitrogen and oxygen atoms in total. The average Bonchev–Trinajstić information content (AvgIpc) is 2.60. The maximum Gasteiger partial charge on any atom is 0.133 e. The standard InChI is InChI=1S/2C10H18O2.CH4/c2*1-3-5-6-10(12)8-7-9(11)4-2;/h2*3-8H2,1-2H3;1H4. The Labute approximate surface area is 155 Å². The van der Waals surface area contributed by atoms with Crippen LogP contribution in [0.1, 0.15) is 112 Å². The summed E-state index contributed by atoms with van der Waals surface area (Å²) in [6, 6.07) is 0. The van der Waals surface area contributed by atoms with Gasteiger partial charge in [-0.2, -0.15) is 0 Å².